The molecule has 1 fully saturated rings. The maximum atomic E-state index is 5.78. The predicted molar refractivity (Wildman–Crippen MR) is 74.0 cm³/mol. The molecule has 0 saturated heterocycles. The molecule has 0 bridgehead atoms. The lowest BCUT2D eigenvalue weighted by Gasteiger charge is -2.25. The Balaban J connectivity index is 2.01. The number of hydrogen-bond acceptors (Lipinski definition) is 3. The van der Waals surface area contributed by atoms with Gasteiger partial charge in [-0.05, 0) is 31.7 Å². The van der Waals surface area contributed by atoms with E-state index in [9.17, 15) is 0 Å². The van der Waals surface area contributed by atoms with Gasteiger partial charge >= 0.3 is 0 Å². The quantitative estimate of drug-likeness (QED) is 0.488. The highest BCUT2D eigenvalue weighted by Gasteiger charge is 2.23. The summed E-state index contributed by atoms with van der Waals surface area (Å²) in [6, 6.07) is 2.55. The number of hydrazine groups is 1. The maximum absolute atomic E-state index is 5.78. The Bertz CT molecular complexity index is 364. The third-order valence-corrected chi connectivity index (χ3v) is 4.21. The molecule has 2 rings (SSSR count). The smallest absolute Gasteiger partial charge is 0.0596 e. The molecular weight excluding hydrogens is 224 g/mol. The van der Waals surface area contributed by atoms with E-state index in [1.807, 2.05) is 18.7 Å². The van der Waals surface area contributed by atoms with Crippen LogP contribution in [0.4, 0.5) is 0 Å². The van der Waals surface area contributed by atoms with Crippen molar-refractivity contribution in [2.45, 2.75) is 57.9 Å². The van der Waals surface area contributed by atoms with Crippen LogP contribution in [0.15, 0.2) is 6.07 Å². The van der Waals surface area contributed by atoms with Crippen LogP contribution in [0.25, 0.3) is 0 Å². The molecule has 1 aliphatic carbocycles. The average molecular weight is 250 g/mol. The summed E-state index contributed by atoms with van der Waals surface area (Å²) in [5, 5.41) is 4.41. The predicted octanol–water partition coefficient (Wildman–Crippen LogP) is 2.07. The second-order valence-corrected chi connectivity index (χ2v) is 5.63. The fourth-order valence-electron chi connectivity index (χ4n) is 3.16. The molecule has 1 aliphatic rings. The number of aromatic nitrogens is 2. The molecule has 0 aromatic carbocycles. The van der Waals surface area contributed by atoms with Crippen LogP contribution in [0.1, 0.15) is 49.9 Å². The Labute approximate surface area is 110 Å². The van der Waals surface area contributed by atoms with E-state index in [0.717, 1.165) is 12.1 Å². The maximum Gasteiger partial charge on any atom is 0.0596 e. The van der Waals surface area contributed by atoms with Crippen LogP contribution < -0.4 is 11.3 Å². The van der Waals surface area contributed by atoms with Crippen molar-refractivity contribution in [1.29, 1.82) is 0 Å². The van der Waals surface area contributed by atoms with Gasteiger partial charge in [-0.1, -0.05) is 25.7 Å². The lowest BCUT2D eigenvalue weighted by Crippen LogP contribution is -2.42. The lowest BCUT2D eigenvalue weighted by atomic mass is 9.89. The fourth-order valence-corrected chi connectivity index (χ4v) is 3.16. The van der Waals surface area contributed by atoms with Gasteiger partial charge < -0.3 is 0 Å². The average Bonchev–Trinajstić information content (AvgIpc) is 2.59. The van der Waals surface area contributed by atoms with Gasteiger partial charge in [-0.15, -0.1) is 0 Å². The van der Waals surface area contributed by atoms with Crippen LogP contribution in [0.5, 0.6) is 0 Å². The highest BCUT2D eigenvalue weighted by atomic mass is 15.3. The summed E-state index contributed by atoms with van der Waals surface area (Å²) in [7, 11) is 2.02. The van der Waals surface area contributed by atoms with Gasteiger partial charge in [0.15, 0.2) is 0 Å². The van der Waals surface area contributed by atoms with E-state index in [-0.39, 0.29) is 0 Å². The van der Waals surface area contributed by atoms with E-state index >= 15 is 0 Å². The Morgan fingerprint density at radius 3 is 2.56 bits per heavy atom. The van der Waals surface area contributed by atoms with E-state index in [1.165, 1.54) is 44.2 Å². The van der Waals surface area contributed by atoms with E-state index in [2.05, 4.69) is 16.6 Å². The van der Waals surface area contributed by atoms with Crippen molar-refractivity contribution >= 4 is 0 Å². The molecule has 102 valence electrons. The van der Waals surface area contributed by atoms with Gasteiger partial charge in [-0.2, -0.15) is 5.10 Å². The van der Waals surface area contributed by atoms with E-state index in [1.54, 1.807) is 0 Å². The number of rotatable bonds is 4. The summed E-state index contributed by atoms with van der Waals surface area (Å²) >= 11 is 0. The molecule has 4 heteroatoms. The van der Waals surface area contributed by atoms with E-state index in [0.29, 0.717) is 12.0 Å². The molecule has 1 saturated carbocycles. The Kier molecular flexibility index (Phi) is 4.78. The first-order valence-corrected chi connectivity index (χ1v) is 7.16. The normalized spacial score (nSPS) is 19.7. The van der Waals surface area contributed by atoms with Crippen molar-refractivity contribution in [2.75, 3.05) is 0 Å². The lowest BCUT2D eigenvalue weighted by molar-refractivity contribution is 0.316. The van der Waals surface area contributed by atoms with Crippen LogP contribution >= 0.6 is 0 Å². The number of hydrogen-bond donors (Lipinski definition) is 2. The third kappa shape index (κ3) is 3.33. The Morgan fingerprint density at radius 2 is 2.06 bits per heavy atom. The second kappa shape index (κ2) is 6.34. The van der Waals surface area contributed by atoms with Gasteiger partial charge in [-0.25, -0.2) is 0 Å². The second-order valence-electron chi connectivity index (χ2n) is 5.63. The van der Waals surface area contributed by atoms with Crippen molar-refractivity contribution in [3.8, 4) is 0 Å². The molecule has 1 aromatic heterocycles. The van der Waals surface area contributed by atoms with Crippen molar-refractivity contribution in [1.82, 2.24) is 15.2 Å². The van der Waals surface area contributed by atoms with Gasteiger partial charge in [0.1, 0.15) is 0 Å². The van der Waals surface area contributed by atoms with Crippen LogP contribution in [0.2, 0.25) is 0 Å². The zero-order chi connectivity index (χ0) is 13.0. The fraction of sp³-hybridized carbons (Fsp3) is 0.786. The zero-order valence-electron chi connectivity index (χ0n) is 11.7. The van der Waals surface area contributed by atoms with Gasteiger partial charge in [-0.3, -0.25) is 16.0 Å². The summed E-state index contributed by atoms with van der Waals surface area (Å²) < 4.78 is 1.98. The highest BCUT2D eigenvalue weighted by Crippen LogP contribution is 2.26. The Morgan fingerprint density at radius 1 is 1.39 bits per heavy atom. The topological polar surface area (TPSA) is 55.9 Å². The molecule has 0 radical (unpaired) electrons. The van der Waals surface area contributed by atoms with Crippen molar-refractivity contribution in [3.63, 3.8) is 0 Å². The molecule has 4 nitrogen and oxygen atoms in total. The van der Waals surface area contributed by atoms with Crippen LogP contribution in [-0.4, -0.2) is 15.8 Å². The molecule has 1 heterocycles. The number of nitrogens with zero attached hydrogens (tertiary/aromatic N) is 2. The number of nitrogens with one attached hydrogen (secondary N) is 1. The standard InChI is InChI=1S/C14H26N4/c1-11-9-13(18(2)17-11)10-14(16-15)12-7-5-3-4-6-8-12/h9,12,14,16H,3-8,10,15H2,1-2H3. The van der Waals surface area contributed by atoms with Crippen molar-refractivity contribution < 1.29 is 0 Å². The van der Waals surface area contributed by atoms with Crippen molar-refractivity contribution in [2.24, 2.45) is 18.8 Å². The monoisotopic (exact) mass is 250 g/mol. The first-order valence-electron chi connectivity index (χ1n) is 7.16. The molecule has 3 N–H and O–H groups in total. The van der Waals surface area contributed by atoms with Gasteiger partial charge in [0, 0.05) is 25.2 Å². The van der Waals surface area contributed by atoms with Crippen LogP contribution in [0, 0.1) is 12.8 Å². The minimum Gasteiger partial charge on any atom is -0.272 e. The molecule has 1 aromatic rings. The molecule has 0 aliphatic heterocycles. The van der Waals surface area contributed by atoms with Crippen LogP contribution in [-0.2, 0) is 13.5 Å². The summed E-state index contributed by atoms with van der Waals surface area (Å²) in [6.45, 7) is 2.04. The summed E-state index contributed by atoms with van der Waals surface area (Å²) in [5.74, 6) is 6.50. The first kappa shape index (κ1) is 13.6. The minimum absolute atomic E-state index is 0.387. The van der Waals surface area contributed by atoms with Gasteiger partial charge in [0.2, 0.25) is 0 Å². The largest absolute Gasteiger partial charge is 0.272 e. The van der Waals surface area contributed by atoms with Gasteiger partial charge in [0.25, 0.3) is 0 Å². The molecule has 18 heavy (non-hydrogen) atoms. The third-order valence-electron chi connectivity index (χ3n) is 4.21. The summed E-state index contributed by atoms with van der Waals surface area (Å²) in [4.78, 5) is 0. The first-order chi connectivity index (χ1) is 8.70. The van der Waals surface area contributed by atoms with E-state index < -0.39 is 0 Å². The van der Waals surface area contributed by atoms with Gasteiger partial charge in [0.05, 0.1) is 5.69 Å². The SMILES string of the molecule is Cc1cc(CC(NN)C2CCCCCC2)n(C)n1. The minimum atomic E-state index is 0.387. The van der Waals surface area contributed by atoms with Crippen molar-refractivity contribution in [3.05, 3.63) is 17.5 Å². The molecule has 0 spiro atoms. The molecule has 0 amide bonds. The number of nitrogens with two attached hydrogens (primary N) is 1. The van der Waals surface area contributed by atoms with Crippen LogP contribution in [0.3, 0.4) is 0 Å². The van der Waals surface area contributed by atoms with E-state index in [4.69, 9.17) is 5.84 Å². The number of aryl methyl sites for hydroxylation is 2. The zero-order valence-corrected chi connectivity index (χ0v) is 11.7. The molecular formula is C14H26N4. The summed E-state index contributed by atoms with van der Waals surface area (Å²) in [5.41, 5.74) is 5.41. The molecule has 1 unspecified atom stereocenters. The summed E-state index contributed by atoms with van der Waals surface area (Å²) in [6.07, 6.45) is 9.09. The molecule has 1 atom stereocenters. The Hall–Kier alpha value is -0.870. The highest BCUT2D eigenvalue weighted by molar-refractivity contribution is 5.10.